The monoisotopic (exact) mass is 236 g/mol. The molecular formula is C13H20N2O2. The molecule has 0 saturated carbocycles. The van der Waals surface area contributed by atoms with Gasteiger partial charge in [0.25, 0.3) is 0 Å². The third-order valence-electron chi connectivity index (χ3n) is 2.45. The molecule has 0 heterocycles. The zero-order valence-electron chi connectivity index (χ0n) is 10.6. The van der Waals surface area contributed by atoms with E-state index in [0.717, 1.165) is 16.7 Å². The Morgan fingerprint density at radius 1 is 1.35 bits per heavy atom. The molecule has 0 aliphatic rings. The number of carbonyl (C=O) groups excluding carboxylic acids is 1. The van der Waals surface area contributed by atoms with Gasteiger partial charge in [0.05, 0.1) is 12.6 Å². The van der Waals surface area contributed by atoms with Crippen molar-refractivity contribution in [1.82, 2.24) is 5.32 Å². The molecule has 1 aromatic carbocycles. The summed E-state index contributed by atoms with van der Waals surface area (Å²) in [6.07, 6.45) is -0.429. The molecule has 1 aromatic rings. The van der Waals surface area contributed by atoms with Crippen LogP contribution in [-0.4, -0.2) is 19.2 Å². The fourth-order valence-electron chi connectivity index (χ4n) is 1.80. The van der Waals surface area contributed by atoms with Crippen LogP contribution in [0, 0.1) is 13.8 Å². The van der Waals surface area contributed by atoms with Crippen LogP contribution in [0.5, 0.6) is 0 Å². The molecule has 1 atom stereocenters. The molecule has 0 aliphatic carbocycles. The van der Waals surface area contributed by atoms with Gasteiger partial charge in [-0.05, 0) is 26.3 Å². The summed E-state index contributed by atoms with van der Waals surface area (Å²) >= 11 is 0. The Morgan fingerprint density at radius 2 is 1.94 bits per heavy atom. The summed E-state index contributed by atoms with van der Waals surface area (Å²) < 4.78 is 4.85. The highest BCUT2D eigenvalue weighted by Gasteiger charge is 2.13. The number of benzene rings is 1. The molecular weight excluding hydrogens is 216 g/mol. The van der Waals surface area contributed by atoms with Crippen molar-refractivity contribution >= 4 is 6.09 Å². The van der Waals surface area contributed by atoms with Crippen LogP contribution in [0.3, 0.4) is 0 Å². The van der Waals surface area contributed by atoms with Crippen molar-refractivity contribution in [2.45, 2.75) is 26.8 Å². The summed E-state index contributed by atoms with van der Waals surface area (Å²) in [6, 6.07) is 5.93. The number of nitrogens with one attached hydrogen (secondary N) is 1. The van der Waals surface area contributed by atoms with E-state index < -0.39 is 6.09 Å². The third kappa shape index (κ3) is 4.07. The van der Waals surface area contributed by atoms with Crippen molar-refractivity contribution in [3.05, 3.63) is 34.9 Å². The first-order valence-corrected chi connectivity index (χ1v) is 5.78. The van der Waals surface area contributed by atoms with Gasteiger partial charge in [-0.15, -0.1) is 0 Å². The van der Waals surface area contributed by atoms with Gasteiger partial charge in [0.1, 0.15) is 0 Å². The van der Waals surface area contributed by atoms with Crippen molar-refractivity contribution in [1.29, 1.82) is 0 Å². The molecule has 0 radical (unpaired) electrons. The van der Waals surface area contributed by atoms with E-state index >= 15 is 0 Å². The summed E-state index contributed by atoms with van der Waals surface area (Å²) in [6.45, 7) is 6.52. The van der Waals surface area contributed by atoms with Gasteiger partial charge in [0.15, 0.2) is 0 Å². The number of nitrogens with two attached hydrogens (primary N) is 1. The second-order valence-electron chi connectivity index (χ2n) is 4.07. The van der Waals surface area contributed by atoms with E-state index in [1.165, 1.54) is 0 Å². The van der Waals surface area contributed by atoms with Crippen LogP contribution in [0.4, 0.5) is 4.79 Å². The van der Waals surface area contributed by atoms with Gasteiger partial charge < -0.3 is 15.8 Å². The van der Waals surface area contributed by atoms with Crippen LogP contribution in [0.25, 0.3) is 0 Å². The number of aryl methyl sites for hydroxylation is 2. The fourth-order valence-corrected chi connectivity index (χ4v) is 1.80. The fraction of sp³-hybridized carbons (Fsp3) is 0.462. The average molecular weight is 236 g/mol. The lowest BCUT2D eigenvalue weighted by Crippen LogP contribution is -2.33. The van der Waals surface area contributed by atoms with E-state index in [1.807, 2.05) is 26.0 Å². The van der Waals surface area contributed by atoms with Gasteiger partial charge in [-0.1, -0.05) is 29.3 Å². The largest absolute Gasteiger partial charge is 0.450 e. The quantitative estimate of drug-likeness (QED) is 0.841. The maximum absolute atomic E-state index is 11.4. The van der Waals surface area contributed by atoms with Crippen LogP contribution in [0.1, 0.15) is 29.7 Å². The minimum atomic E-state index is -0.429. The number of hydrogen-bond acceptors (Lipinski definition) is 3. The van der Waals surface area contributed by atoms with Crippen molar-refractivity contribution < 1.29 is 9.53 Å². The van der Waals surface area contributed by atoms with Gasteiger partial charge >= 0.3 is 6.09 Å². The Balaban J connectivity index is 2.82. The second-order valence-corrected chi connectivity index (χ2v) is 4.07. The van der Waals surface area contributed by atoms with Gasteiger partial charge in [-0.2, -0.15) is 0 Å². The number of hydrogen-bond donors (Lipinski definition) is 2. The smallest absolute Gasteiger partial charge is 0.407 e. The maximum Gasteiger partial charge on any atom is 0.407 e. The number of amides is 1. The van der Waals surface area contributed by atoms with Crippen molar-refractivity contribution in [3.8, 4) is 0 Å². The van der Waals surface area contributed by atoms with E-state index in [9.17, 15) is 4.79 Å². The standard InChI is InChI=1S/C13H20N2O2/c1-4-17-13(16)15-12(8-14)11-6-9(2)5-10(3)7-11/h5-7,12H,4,8,14H2,1-3H3,(H,15,16). The molecule has 17 heavy (non-hydrogen) atoms. The van der Waals surface area contributed by atoms with Crippen LogP contribution >= 0.6 is 0 Å². The predicted molar refractivity (Wildman–Crippen MR) is 67.9 cm³/mol. The topological polar surface area (TPSA) is 64.3 Å². The van der Waals surface area contributed by atoms with Crippen LogP contribution in [-0.2, 0) is 4.74 Å². The highest BCUT2D eigenvalue weighted by atomic mass is 16.5. The lowest BCUT2D eigenvalue weighted by atomic mass is 10.0. The van der Waals surface area contributed by atoms with E-state index in [4.69, 9.17) is 10.5 Å². The number of ether oxygens (including phenoxy) is 1. The molecule has 0 fully saturated rings. The molecule has 1 amide bonds. The van der Waals surface area contributed by atoms with Gasteiger partial charge in [0.2, 0.25) is 0 Å². The van der Waals surface area contributed by atoms with Crippen molar-refractivity contribution in [2.24, 2.45) is 5.73 Å². The highest BCUT2D eigenvalue weighted by molar-refractivity contribution is 5.68. The van der Waals surface area contributed by atoms with E-state index in [-0.39, 0.29) is 6.04 Å². The molecule has 0 aromatic heterocycles. The van der Waals surface area contributed by atoms with Crippen LogP contribution in [0.2, 0.25) is 0 Å². The van der Waals surface area contributed by atoms with E-state index in [0.29, 0.717) is 13.2 Å². The first-order chi connectivity index (χ1) is 8.06. The molecule has 1 unspecified atom stereocenters. The van der Waals surface area contributed by atoms with E-state index in [2.05, 4.69) is 11.4 Å². The zero-order chi connectivity index (χ0) is 12.8. The third-order valence-corrected chi connectivity index (χ3v) is 2.45. The van der Waals surface area contributed by atoms with Gasteiger partial charge in [-0.3, -0.25) is 0 Å². The Labute approximate surface area is 102 Å². The summed E-state index contributed by atoms with van der Waals surface area (Å²) in [4.78, 5) is 11.4. The van der Waals surface area contributed by atoms with E-state index in [1.54, 1.807) is 6.92 Å². The Morgan fingerprint density at radius 3 is 2.41 bits per heavy atom. The second kappa shape index (κ2) is 6.25. The molecule has 3 N–H and O–H groups in total. The number of rotatable bonds is 4. The van der Waals surface area contributed by atoms with Gasteiger partial charge in [-0.25, -0.2) is 4.79 Å². The number of carbonyl (C=O) groups is 1. The summed E-state index contributed by atoms with van der Waals surface area (Å²) in [5, 5.41) is 2.75. The molecule has 0 bridgehead atoms. The predicted octanol–water partition coefficient (Wildman–Crippen LogP) is 2.05. The Bertz CT molecular complexity index is 371. The number of alkyl carbamates (subject to hydrolysis) is 1. The minimum Gasteiger partial charge on any atom is -0.450 e. The minimum absolute atomic E-state index is 0.201. The van der Waals surface area contributed by atoms with Crippen LogP contribution < -0.4 is 11.1 Å². The molecule has 0 spiro atoms. The molecule has 1 rings (SSSR count). The summed E-state index contributed by atoms with van der Waals surface area (Å²) in [5.41, 5.74) is 9.00. The van der Waals surface area contributed by atoms with Gasteiger partial charge in [0, 0.05) is 6.54 Å². The molecule has 0 aliphatic heterocycles. The Kier molecular flexibility index (Phi) is 4.97. The lowest BCUT2D eigenvalue weighted by Gasteiger charge is -2.18. The molecule has 4 nitrogen and oxygen atoms in total. The molecule has 0 saturated heterocycles. The van der Waals surface area contributed by atoms with Crippen molar-refractivity contribution in [2.75, 3.05) is 13.2 Å². The molecule has 94 valence electrons. The summed E-state index contributed by atoms with van der Waals surface area (Å²) in [7, 11) is 0. The zero-order valence-corrected chi connectivity index (χ0v) is 10.6. The Hall–Kier alpha value is -1.55. The first kappa shape index (κ1) is 13.5. The van der Waals surface area contributed by atoms with Crippen molar-refractivity contribution in [3.63, 3.8) is 0 Å². The summed E-state index contributed by atoms with van der Waals surface area (Å²) in [5.74, 6) is 0. The first-order valence-electron chi connectivity index (χ1n) is 5.78. The lowest BCUT2D eigenvalue weighted by molar-refractivity contribution is 0.148. The highest BCUT2D eigenvalue weighted by Crippen LogP contribution is 2.16. The van der Waals surface area contributed by atoms with Crippen LogP contribution in [0.15, 0.2) is 18.2 Å². The average Bonchev–Trinajstić information content (AvgIpc) is 2.24. The SMILES string of the molecule is CCOC(=O)NC(CN)c1cc(C)cc(C)c1. The maximum atomic E-state index is 11.4. The normalized spacial score (nSPS) is 12.0. The molecule has 4 heteroatoms.